The van der Waals surface area contributed by atoms with E-state index in [4.69, 9.17) is 19.4 Å². The first-order chi connectivity index (χ1) is 24.8. The van der Waals surface area contributed by atoms with Crippen LogP contribution >= 0.6 is 0 Å². The molecular formula is C44H26N4O2. The number of ether oxygens (including phenoxy) is 2. The molecule has 0 N–H and O–H groups in total. The van der Waals surface area contributed by atoms with Gasteiger partial charge in [0, 0.05) is 44.8 Å². The third-order valence-corrected chi connectivity index (χ3v) is 9.79. The van der Waals surface area contributed by atoms with Crippen LogP contribution in [0.5, 0.6) is 23.0 Å². The molecule has 1 aliphatic heterocycles. The van der Waals surface area contributed by atoms with Crippen molar-refractivity contribution in [3.63, 3.8) is 0 Å². The van der Waals surface area contributed by atoms with Crippen molar-refractivity contribution in [2.45, 2.75) is 0 Å². The Bertz CT molecular complexity index is 3010. The Labute approximate surface area is 286 Å². The van der Waals surface area contributed by atoms with E-state index in [0.29, 0.717) is 17.2 Å². The molecule has 0 aliphatic carbocycles. The van der Waals surface area contributed by atoms with Crippen molar-refractivity contribution < 1.29 is 9.47 Å². The summed E-state index contributed by atoms with van der Waals surface area (Å²) in [5, 5.41) is 5.77. The third kappa shape index (κ3) is 3.90. The van der Waals surface area contributed by atoms with Crippen LogP contribution in [-0.2, 0) is 0 Å². The zero-order valence-electron chi connectivity index (χ0n) is 26.6. The number of pyridine rings is 2. The third-order valence-electron chi connectivity index (χ3n) is 9.79. The molecule has 5 heterocycles. The molecule has 6 heteroatoms. The van der Waals surface area contributed by atoms with Crippen molar-refractivity contribution in [2.24, 2.45) is 0 Å². The second kappa shape index (κ2) is 10.3. The standard InChI is InChI=1S/C44H26N4O2/c1-4-13-33-27(10-1)24-28(26-45-33)34-14-9-19-42(46-34)48-35-15-5-2-11-30(35)31-21-22-37-43(44(31)48)32-12-3-6-16-36(32)47(37)29-20-23-40-41(25-29)50-39-18-8-7-17-38(39)49-40/h1-26H. The maximum Gasteiger partial charge on any atom is 0.172 e. The van der Waals surface area contributed by atoms with Crippen LogP contribution in [0.4, 0.5) is 0 Å². The first kappa shape index (κ1) is 27.1. The van der Waals surface area contributed by atoms with Gasteiger partial charge in [0.1, 0.15) is 5.82 Å². The summed E-state index contributed by atoms with van der Waals surface area (Å²) in [6.45, 7) is 0. The van der Waals surface area contributed by atoms with E-state index in [2.05, 4.69) is 112 Å². The highest BCUT2D eigenvalue weighted by Gasteiger charge is 2.23. The van der Waals surface area contributed by atoms with Gasteiger partial charge in [-0.2, -0.15) is 0 Å². The van der Waals surface area contributed by atoms with Crippen molar-refractivity contribution in [2.75, 3.05) is 0 Å². The number of aromatic nitrogens is 4. The number of fused-ring (bicyclic) bond motifs is 10. The molecule has 1 aliphatic rings. The first-order valence-corrected chi connectivity index (χ1v) is 16.7. The van der Waals surface area contributed by atoms with Crippen LogP contribution < -0.4 is 9.47 Å². The number of hydrogen-bond acceptors (Lipinski definition) is 4. The normalized spacial score (nSPS) is 12.3. The fourth-order valence-corrected chi connectivity index (χ4v) is 7.60. The molecule has 0 unspecified atom stereocenters. The molecule has 10 aromatic rings. The summed E-state index contributed by atoms with van der Waals surface area (Å²) in [4.78, 5) is 10.0. The van der Waals surface area contributed by atoms with Gasteiger partial charge in [0.15, 0.2) is 23.0 Å². The SMILES string of the molecule is c1cc(-c2cnc3ccccc3c2)nc(-n2c3ccccc3c3ccc4c(c5ccccc5n4-c4ccc5c(c4)Oc4ccccc4O5)c32)c1. The highest BCUT2D eigenvalue weighted by Crippen LogP contribution is 2.47. The Balaban J connectivity index is 1.17. The topological polar surface area (TPSA) is 54.1 Å². The van der Waals surface area contributed by atoms with E-state index in [1.54, 1.807) is 0 Å². The molecule has 234 valence electrons. The van der Waals surface area contributed by atoms with Crippen LogP contribution in [0, 0.1) is 0 Å². The van der Waals surface area contributed by atoms with E-state index in [-0.39, 0.29) is 0 Å². The Kier molecular flexibility index (Phi) is 5.57. The monoisotopic (exact) mass is 642 g/mol. The number of rotatable bonds is 3. The molecule has 50 heavy (non-hydrogen) atoms. The molecule has 11 rings (SSSR count). The minimum atomic E-state index is 0.687. The van der Waals surface area contributed by atoms with Gasteiger partial charge in [-0.3, -0.25) is 9.55 Å². The summed E-state index contributed by atoms with van der Waals surface area (Å²) in [5.74, 6) is 3.66. The zero-order valence-corrected chi connectivity index (χ0v) is 26.6. The van der Waals surface area contributed by atoms with Gasteiger partial charge in [-0.1, -0.05) is 78.9 Å². The fourth-order valence-electron chi connectivity index (χ4n) is 7.60. The molecule has 0 radical (unpaired) electrons. The van der Waals surface area contributed by atoms with E-state index < -0.39 is 0 Å². The molecular weight excluding hydrogens is 617 g/mol. The summed E-state index contributed by atoms with van der Waals surface area (Å²) < 4.78 is 17.2. The molecule has 0 bridgehead atoms. The summed E-state index contributed by atoms with van der Waals surface area (Å²) in [7, 11) is 0. The van der Waals surface area contributed by atoms with Gasteiger partial charge in [-0.15, -0.1) is 0 Å². The van der Waals surface area contributed by atoms with Crippen LogP contribution in [0.25, 0.3) is 77.3 Å². The molecule has 0 saturated carbocycles. The van der Waals surface area contributed by atoms with E-state index >= 15 is 0 Å². The summed E-state index contributed by atoms with van der Waals surface area (Å²) in [6, 6.07) is 52.2. The van der Waals surface area contributed by atoms with Crippen LogP contribution in [-0.4, -0.2) is 19.1 Å². The van der Waals surface area contributed by atoms with Gasteiger partial charge < -0.3 is 14.0 Å². The number of benzene rings is 6. The Hall–Kier alpha value is -6.92. The molecule has 0 atom stereocenters. The van der Waals surface area contributed by atoms with E-state index in [1.807, 2.05) is 54.7 Å². The average Bonchev–Trinajstić information content (AvgIpc) is 3.70. The summed E-state index contributed by atoms with van der Waals surface area (Å²) in [6.07, 6.45) is 1.91. The lowest BCUT2D eigenvalue weighted by molar-refractivity contribution is 0.359. The van der Waals surface area contributed by atoms with Crippen LogP contribution in [0.1, 0.15) is 0 Å². The van der Waals surface area contributed by atoms with Crippen molar-refractivity contribution in [3.05, 3.63) is 158 Å². The van der Waals surface area contributed by atoms with E-state index in [0.717, 1.165) is 72.3 Å². The molecule has 6 nitrogen and oxygen atoms in total. The van der Waals surface area contributed by atoms with Crippen molar-refractivity contribution in [3.8, 4) is 45.8 Å². The van der Waals surface area contributed by atoms with Gasteiger partial charge in [0.25, 0.3) is 0 Å². The summed E-state index contributed by atoms with van der Waals surface area (Å²) in [5.41, 5.74) is 8.23. The van der Waals surface area contributed by atoms with Gasteiger partial charge in [0.05, 0.1) is 39.0 Å². The Morgan fingerprint density at radius 1 is 0.480 bits per heavy atom. The fraction of sp³-hybridized carbons (Fsp3) is 0. The van der Waals surface area contributed by atoms with Gasteiger partial charge in [-0.05, 0) is 66.7 Å². The summed E-state index contributed by atoms with van der Waals surface area (Å²) >= 11 is 0. The zero-order chi connectivity index (χ0) is 32.8. The number of para-hydroxylation sites is 5. The Morgan fingerprint density at radius 3 is 2.08 bits per heavy atom. The second-order valence-electron chi connectivity index (χ2n) is 12.6. The number of hydrogen-bond donors (Lipinski definition) is 0. The predicted molar refractivity (Wildman–Crippen MR) is 200 cm³/mol. The predicted octanol–water partition coefficient (Wildman–Crippen LogP) is 11.4. The molecule has 0 amide bonds. The Morgan fingerprint density at radius 2 is 1.20 bits per heavy atom. The lowest BCUT2D eigenvalue weighted by atomic mass is 10.1. The molecule has 0 saturated heterocycles. The largest absolute Gasteiger partial charge is 0.450 e. The van der Waals surface area contributed by atoms with Crippen molar-refractivity contribution >= 4 is 54.5 Å². The first-order valence-electron chi connectivity index (χ1n) is 16.7. The maximum absolute atomic E-state index is 6.34. The van der Waals surface area contributed by atoms with Crippen LogP contribution in [0.3, 0.4) is 0 Å². The van der Waals surface area contributed by atoms with Crippen molar-refractivity contribution in [1.82, 2.24) is 19.1 Å². The molecule has 0 fully saturated rings. The molecule has 4 aromatic heterocycles. The van der Waals surface area contributed by atoms with Gasteiger partial charge >= 0.3 is 0 Å². The van der Waals surface area contributed by atoms with Gasteiger partial charge in [0.2, 0.25) is 0 Å². The second-order valence-corrected chi connectivity index (χ2v) is 12.6. The highest BCUT2D eigenvalue weighted by atomic mass is 16.6. The van der Waals surface area contributed by atoms with E-state index in [1.165, 1.54) is 10.8 Å². The smallest absolute Gasteiger partial charge is 0.172 e. The average molecular weight is 643 g/mol. The van der Waals surface area contributed by atoms with Crippen LogP contribution in [0.2, 0.25) is 0 Å². The highest BCUT2D eigenvalue weighted by molar-refractivity contribution is 6.26. The molecule has 0 spiro atoms. The maximum atomic E-state index is 6.34. The number of nitrogens with zero attached hydrogens (tertiary/aromatic N) is 4. The van der Waals surface area contributed by atoms with Gasteiger partial charge in [-0.25, -0.2) is 4.98 Å². The molecule has 6 aromatic carbocycles. The van der Waals surface area contributed by atoms with E-state index in [9.17, 15) is 0 Å². The quantitative estimate of drug-likeness (QED) is 0.192. The minimum Gasteiger partial charge on any atom is -0.450 e. The minimum absolute atomic E-state index is 0.687. The van der Waals surface area contributed by atoms with Crippen LogP contribution in [0.15, 0.2) is 158 Å². The lowest BCUT2D eigenvalue weighted by Crippen LogP contribution is -2.01. The lowest BCUT2D eigenvalue weighted by Gasteiger charge is -2.21. The van der Waals surface area contributed by atoms with Crippen molar-refractivity contribution in [1.29, 1.82) is 0 Å².